The van der Waals surface area contributed by atoms with Gasteiger partial charge in [0.1, 0.15) is 24.7 Å². The molecule has 0 fully saturated rings. The third kappa shape index (κ3) is 7.73. The van der Waals surface area contributed by atoms with E-state index in [-0.39, 0.29) is 0 Å². The topological polar surface area (TPSA) is 25.9 Å². The second-order valence-corrected chi connectivity index (χ2v) is 26.7. The van der Waals surface area contributed by atoms with Gasteiger partial charge < -0.3 is 39.2 Å². The summed E-state index contributed by atoms with van der Waals surface area (Å²) in [5.74, 6) is 0. The lowest BCUT2D eigenvalue weighted by Crippen LogP contribution is -2.36. The van der Waals surface area contributed by atoms with E-state index in [4.69, 9.17) is 0 Å². The van der Waals surface area contributed by atoms with Crippen LogP contribution in [0.5, 0.6) is 0 Å². The molecule has 4 unspecified atom stereocenters. The molecule has 2 aromatic heterocycles. The molecule has 0 saturated heterocycles. The maximum Gasteiger partial charge on any atom is 0.111 e. The van der Waals surface area contributed by atoms with Gasteiger partial charge in [-0.1, -0.05) is 103 Å². The number of benzene rings is 11. The Kier molecular flexibility index (Phi) is 11.2. The molecular weight excluding hydrogens is 1100 g/mol. The molecule has 21 rings (SSSR count). The van der Waals surface area contributed by atoms with E-state index in [1.54, 1.807) is 11.3 Å². The van der Waals surface area contributed by atoms with Gasteiger partial charge in [-0.3, -0.25) is 0 Å². The minimum atomic E-state index is 0.402. The molecule has 424 valence electrons. The average molecular weight is 1170 g/mol. The van der Waals surface area contributed by atoms with E-state index in [1.165, 1.54) is 148 Å². The summed E-state index contributed by atoms with van der Waals surface area (Å²) >= 11 is 3.74. The zero-order chi connectivity index (χ0) is 57.9. The summed E-state index contributed by atoms with van der Waals surface area (Å²) in [5, 5.41) is 19.2. The number of para-hydroxylation sites is 6. The molecule has 0 saturated carbocycles. The summed E-state index contributed by atoms with van der Waals surface area (Å²) in [6, 6.07) is 75.7. The Balaban J connectivity index is 0.0000000876. The van der Waals surface area contributed by atoms with Gasteiger partial charge in [-0.2, -0.15) is 11.3 Å². The highest BCUT2D eigenvalue weighted by molar-refractivity contribution is 7.19. The number of rotatable bonds is 0. The molecular formula is C77H64N8S2. The van der Waals surface area contributed by atoms with E-state index in [0.29, 0.717) is 24.7 Å². The fourth-order valence-corrected chi connectivity index (χ4v) is 17.7. The van der Waals surface area contributed by atoms with Gasteiger partial charge in [0.2, 0.25) is 0 Å². The Bertz CT molecular complexity index is 5030. The van der Waals surface area contributed by atoms with E-state index in [9.17, 15) is 0 Å². The molecule has 8 aliphatic rings. The Hall–Kier alpha value is -9.48. The Morgan fingerprint density at radius 2 is 0.724 bits per heavy atom. The normalized spacial score (nSPS) is 19.0. The lowest BCUT2D eigenvalue weighted by Gasteiger charge is -2.24. The second kappa shape index (κ2) is 19.3. The van der Waals surface area contributed by atoms with Crippen molar-refractivity contribution >= 4 is 143 Å². The van der Waals surface area contributed by atoms with Crippen LogP contribution >= 0.6 is 22.7 Å². The Morgan fingerprint density at radius 1 is 0.333 bits per heavy atom. The van der Waals surface area contributed by atoms with Gasteiger partial charge >= 0.3 is 0 Å². The van der Waals surface area contributed by atoms with Crippen molar-refractivity contribution in [1.82, 2.24) is 4.90 Å². The first-order chi connectivity index (χ1) is 42.7. The van der Waals surface area contributed by atoms with Gasteiger partial charge in [-0.15, -0.1) is 11.3 Å². The van der Waals surface area contributed by atoms with Crippen molar-refractivity contribution in [1.29, 1.82) is 0 Å². The standard InChI is InChI=1S/C23H18N2.C20H18N2.2C17H14N2S/c1-24-20-8-4-5-9-21(20)25-22-13-18-11-16-7-3-2-6-15(16)10-17(18)12-19(22)14-23(24)25;1-13-12-22-19-10-17-8-15-6-4-3-5-14(15)7-16(17)9-18(19)11-20(22)21(13)2;1-18-12-7-3-4-8-13(12)19-16(18)10-15-17(19)11-6-2-5-9-14(11)20-15;1-18-14-4-2-3-5-15(14)19-16-7-13-10-20-9-12(13)6-11(16)8-17(18)19/h2-13,23H,14H2,1H3;3-10,12,20H,11H2,1-2H3;2-9,16H,10H2,1H3;2-7,9-10,17H,8H2,1H3. The number of allylic oxidation sites excluding steroid dienone is 1. The molecule has 0 spiro atoms. The third-order valence-electron chi connectivity index (χ3n) is 20.2. The minimum absolute atomic E-state index is 0.402. The van der Waals surface area contributed by atoms with Gasteiger partial charge in [0.05, 0.1) is 39.8 Å². The smallest absolute Gasteiger partial charge is 0.111 e. The number of hydrogen-bond donors (Lipinski definition) is 0. The number of thiophene rings is 2. The molecule has 0 bridgehead atoms. The molecule has 0 N–H and O–H groups in total. The number of hydrogen-bond acceptors (Lipinski definition) is 10. The van der Waals surface area contributed by atoms with E-state index in [0.717, 1.165) is 25.7 Å². The monoisotopic (exact) mass is 1160 g/mol. The number of fused-ring (bicyclic) bond motifs is 25. The molecule has 8 nitrogen and oxygen atoms in total. The fourth-order valence-electron chi connectivity index (χ4n) is 15.7. The van der Waals surface area contributed by atoms with Crippen molar-refractivity contribution in [3.8, 4) is 0 Å². The molecule has 0 radical (unpaired) electrons. The molecule has 0 amide bonds. The largest absolute Gasteiger partial charge is 0.356 e. The highest BCUT2D eigenvalue weighted by Crippen LogP contribution is 2.56. The molecule has 4 atom stereocenters. The Labute approximate surface area is 515 Å². The van der Waals surface area contributed by atoms with Crippen molar-refractivity contribution in [3.63, 3.8) is 0 Å². The van der Waals surface area contributed by atoms with Crippen LogP contribution in [0.2, 0.25) is 0 Å². The van der Waals surface area contributed by atoms with Gasteiger partial charge in [-0.25, -0.2) is 0 Å². The van der Waals surface area contributed by atoms with E-state index in [1.807, 2.05) is 11.3 Å². The van der Waals surface area contributed by atoms with Crippen LogP contribution in [0.4, 0.5) is 56.9 Å². The van der Waals surface area contributed by atoms with Crippen LogP contribution in [0.15, 0.2) is 229 Å². The highest BCUT2D eigenvalue weighted by atomic mass is 32.1. The van der Waals surface area contributed by atoms with Crippen LogP contribution < -0.4 is 34.3 Å². The van der Waals surface area contributed by atoms with E-state index < -0.39 is 0 Å². The molecule has 10 heterocycles. The molecule has 13 aromatic rings. The van der Waals surface area contributed by atoms with Crippen LogP contribution in [-0.4, -0.2) is 57.8 Å². The summed E-state index contributed by atoms with van der Waals surface area (Å²) in [7, 11) is 8.82. The first-order valence-electron chi connectivity index (χ1n) is 30.6. The molecule has 0 aliphatic carbocycles. The zero-order valence-corrected chi connectivity index (χ0v) is 51.0. The Morgan fingerprint density at radius 3 is 1.26 bits per heavy atom. The van der Waals surface area contributed by atoms with Gasteiger partial charge in [0, 0.05) is 97.8 Å². The van der Waals surface area contributed by atoms with Crippen molar-refractivity contribution in [2.75, 3.05) is 62.5 Å². The summed E-state index contributed by atoms with van der Waals surface area (Å²) < 4.78 is 1.41. The maximum absolute atomic E-state index is 2.53. The summed E-state index contributed by atoms with van der Waals surface area (Å²) in [6.45, 7) is 2.19. The van der Waals surface area contributed by atoms with Crippen LogP contribution in [0, 0.1) is 0 Å². The second-order valence-electron chi connectivity index (χ2n) is 24.8. The molecule has 8 aliphatic heterocycles. The minimum Gasteiger partial charge on any atom is -0.356 e. The van der Waals surface area contributed by atoms with Crippen molar-refractivity contribution in [2.24, 2.45) is 0 Å². The predicted molar refractivity (Wildman–Crippen MR) is 371 cm³/mol. The molecule has 11 aromatic carbocycles. The van der Waals surface area contributed by atoms with Crippen LogP contribution in [0.25, 0.3) is 63.9 Å². The summed E-state index contributed by atoms with van der Waals surface area (Å²) in [5.41, 5.74) is 19.3. The zero-order valence-electron chi connectivity index (χ0n) is 49.4. The third-order valence-corrected chi connectivity index (χ3v) is 22.1. The van der Waals surface area contributed by atoms with Crippen LogP contribution in [0.3, 0.4) is 0 Å². The van der Waals surface area contributed by atoms with Crippen molar-refractivity contribution in [3.05, 3.63) is 250 Å². The quantitative estimate of drug-likeness (QED) is 0.139. The summed E-state index contributed by atoms with van der Waals surface area (Å²) in [6.07, 6.45) is 8.44. The maximum atomic E-state index is 2.53. The van der Waals surface area contributed by atoms with Crippen LogP contribution in [-0.2, 0) is 25.7 Å². The highest BCUT2D eigenvalue weighted by Gasteiger charge is 2.44. The first kappa shape index (κ1) is 50.8. The lowest BCUT2D eigenvalue weighted by atomic mass is 10.00. The van der Waals surface area contributed by atoms with Gasteiger partial charge in [0.15, 0.2) is 0 Å². The van der Waals surface area contributed by atoms with E-state index >= 15 is 0 Å². The van der Waals surface area contributed by atoms with E-state index in [2.05, 4.69) is 298 Å². The SMILES string of the molecule is CC1=CN2c3cc4cc5ccccc5cc4cc3CC2N1C.CN1c2ccccc2N2c3c(sc4ccccc34)CC12.CN1c2ccccc2N2c3cc4cc5ccccc5cc4cc3CC12.CN1c2ccccc2N2c3cc4cscc4cc3CC12. The fraction of sp³-hybridized carbons (Fsp3) is 0.169. The van der Waals surface area contributed by atoms with Crippen molar-refractivity contribution < 1.29 is 0 Å². The predicted octanol–water partition coefficient (Wildman–Crippen LogP) is 18.7. The summed E-state index contributed by atoms with van der Waals surface area (Å²) in [4.78, 5) is 21.1. The lowest BCUT2D eigenvalue weighted by molar-refractivity contribution is 0.344. The number of anilines is 10. The van der Waals surface area contributed by atoms with Gasteiger partial charge in [0.25, 0.3) is 0 Å². The number of likely N-dealkylation sites (N-methyl/N-ethyl adjacent to an activating group) is 4. The number of nitrogens with zero attached hydrogens (tertiary/aromatic N) is 8. The van der Waals surface area contributed by atoms with Crippen LogP contribution in [0.1, 0.15) is 28.5 Å². The first-order valence-corrected chi connectivity index (χ1v) is 32.4. The molecule has 10 heteroatoms. The molecule has 87 heavy (non-hydrogen) atoms. The van der Waals surface area contributed by atoms with Crippen molar-refractivity contribution in [2.45, 2.75) is 57.3 Å². The van der Waals surface area contributed by atoms with Gasteiger partial charge in [-0.05, 0) is 191 Å². The average Bonchev–Trinajstić information content (AvgIpc) is 1.84.